The number of hydrogen-bond acceptors (Lipinski definition) is 4. The van der Waals surface area contributed by atoms with Crippen LogP contribution >= 0.6 is 11.6 Å². The molecule has 156 valence electrons. The molecule has 0 bridgehead atoms. The lowest BCUT2D eigenvalue weighted by atomic mass is 10.1. The van der Waals surface area contributed by atoms with Crippen molar-refractivity contribution in [2.45, 2.75) is 17.9 Å². The number of carbonyl (C=O) groups excluding carboxylic acids is 1. The van der Waals surface area contributed by atoms with Crippen LogP contribution in [0.25, 0.3) is 0 Å². The minimum absolute atomic E-state index is 0.0713. The quantitative estimate of drug-likeness (QED) is 0.556. The monoisotopic (exact) mass is 444 g/mol. The van der Waals surface area contributed by atoms with Gasteiger partial charge in [0.05, 0.1) is 28.6 Å². The van der Waals surface area contributed by atoms with Crippen LogP contribution in [0.2, 0.25) is 5.02 Å². The van der Waals surface area contributed by atoms with Gasteiger partial charge in [-0.1, -0.05) is 41.9 Å². The van der Waals surface area contributed by atoms with Crippen molar-refractivity contribution < 1.29 is 17.9 Å². The Morgan fingerprint density at radius 2 is 1.67 bits per heavy atom. The van der Waals surface area contributed by atoms with Crippen molar-refractivity contribution >= 4 is 33.2 Å². The molecule has 30 heavy (non-hydrogen) atoms. The van der Waals surface area contributed by atoms with E-state index in [9.17, 15) is 13.2 Å². The smallest absolute Gasteiger partial charge is 0.261 e. The second-order valence-corrected chi connectivity index (χ2v) is 8.67. The summed E-state index contributed by atoms with van der Waals surface area (Å²) in [6.45, 7) is 1.86. The van der Waals surface area contributed by atoms with E-state index in [0.717, 1.165) is 5.56 Å². The maximum Gasteiger partial charge on any atom is 0.261 e. The van der Waals surface area contributed by atoms with Crippen LogP contribution in [0.1, 0.15) is 28.9 Å². The summed E-state index contributed by atoms with van der Waals surface area (Å²) < 4.78 is 32.8. The van der Waals surface area contributed by atoms with Crippen molar-refractivity contribution in [3.05, 3.63) is 88.9 Å². The van der Waals surface area contributed by atoms with Gasteiger partial charge in [-0.25, -0.2) is 8.42 Å². The second-order valence-electron chi connectivity index (χ2n) is 6.58. The van der Waals surface area contributed by atoms with Crippen LogP contribution in [0.3, 0.4) is 0 Å². The number of benzene rings is 3. The topological polar surface area (TPSA) is 84.5 Å². The van der Waals surface area contributed by atoms with Gasteiger partial charge in [0.25, 0.3) is 15.9 Å². The van der Waals surface area contributed by atoms with Crippen LogP contribution in [0.15, 0.2) is 77.7 Å². The van der Waals surface area contributed by atoms with Gasteiger partial charge >= 0.3 is 0 Å². The molecule has 0 radical (unpaired) electrons. The number of nitrogens with one attached hydrogen (secondary N) is 2. The predicted octanol–water partition coefficient (Wildman–Crippen LogP) is 4.64. The molecule has 1 atom stereocenters. The zero-order chi connectivity index (χ0) is 21.7. The van der Waals surface area contributed by atoms with Crippen LogP contribution in [0, 0.1) is 0 Å². The fourth-order valence-corrected chi connectivity index (χ4v) is 4.08. The van der Waals surface area contributed by atoms with E-state index in [4.69, 9.17) is 16.3 Å². The number of hydrogen-bond donors (Lipinski definition) is 2. The Bertz CT molecular complexity index is 1130. The summed E-state index contributed by atoms with van der Waals surface area (Å²) in [5.74, 6) is 0.147. The lowest BCUT2D eigenvalue weighted by Gasteiger charge is -2.16. The van der Waals surface area contributed by atoms with E-state index in [1.165, 1.54) is 37.4 Å². The third-order valence-corrected chi connectivity index (χ3v) is 6.21. The fourth-order valence-electron chi connectivity index (χ4n) is 2.83. The largest absolute Gasteiger partial charge is 0.497 e. The normalized spacial score (nSPS) is 12.1. The summed E-state index contributed by atoms with van der Waals surface area (Å²) in [6.07, 6.45) is 0. The molecule has 0 aromatic heterocycles. The first-order chi connectivity index (χ1) is 14.3. The molecule has 0 aliphatic rings. The van der Waals surface area contributed by atoms with E-state index in [0.29, 0.717) is 5.75 Å². The zero-order valence-electron chi connectivity index (χ0n) is 16.4. The highest BCUT2D eigenvalue weighted by Crippen LogP contribution is 2.24. The summed E-state index contributed by atoms with van der Waals surface area (Å²) >= 11 is 6.19. The van der Waals surface area contributed by atoms with Crippen molar-refractivity contribution in [3.63, 3.8) is 0 Å². The highest BCUT2D eigenvalue weighted by molar-refractivity contribution is 7.92. The number of ether oxygens (including phenoxy) is 1. The van der Waals surface area contributed by atoms with Gasteiger partial charge in [0, 0.05) is 5.69 Å². The molecular weight excluding hydrogens is 424 g/mol. The molecule has 3 aromatic carbocycles. The lowest BCUT2D eigenvalue weighted by Crippen LogP contribution is -2.27. The number of methoxy groups -OCH3 is 1. The molecule has 0 aliphatic heterocycles. The van der Waals surface area contributed by atoms with Gasteiger partial charge in [0.2, 0.25) is 0 Å². The third-order valence-electron chi connectivity index (χ3n) is 4.48. The number of halogens is 1. The molecular formula is C22H21ClN2O4S. The van der Waals surface area contributed by atoms with Gasteiger partial charge in [0.1, 0.15) is 5.75 Å². The van der Waals surface area contributed by atoms with E-state index in [1.807, 2.05) is 37.3 Å². The van der Waals surface area contributed by atoms with Crippen LogP contribution < -0.4 is 14.8 Å². The Morgan fingerprint density at radius 3 is 2.30 bits per heavy atom. The van der Waals surface area contributed by atoms with Gasteiger partial charge in [0.15, 0.2) is 0 Å². The number of anilines is 1. The second kappa shape index (κ2) is 9.19. The van der Waals surface area contributed by atoms with Gasteiger partial charge in [-0.2, -0.15) is 0 Å². The number of amides is 1. The SMILES string of the molecule is COc1ccc(S(=O)(=O)Nc2ccc(Cl)c(C(=O)NC(C)c3ccccc3)c2)cc1. The molecule has 0 saturated carbocycles. The number of sulfonamides is 1. The van der Waals surface area contributed by atoms with Crippen molar-refractivity contribution in [1.29, 1.82) is 0 Å². The number of rotatable bonds is 7. The zero-order valence-corrected chi connectivity index (χ0v) is 18.0. The Kier molecular flexibility index (Phi) is 6.64. The molecule has 0 spiro atoms. The van der Waals surface area contributed by atoms with Crippen LogP contribution in [-0.2, 0) is 10.0 Å². The molecule has 1 amide bonds. The Labute approximate surface area is 180 Å². The Morgan fingerprint density at radius 1 is 1.00 bits per heavy atom. The molecule has 0 saturated heterocycles. The van der Waals surface area contributed by atoms with Crippen LogP contribution in [0.5, 0.6) is 5.75 Å². The van der Waals surface area contributed by atoms with Gasteiger partial charge in [-0.05, 0) is 55.0 Å². The van der Waals surface area contributed by atoms with E-state index < -0.39 is 15.9 Å². The fraction of sp³-hybridized carbons (Fsp3) is 0.136. The van der Waals surface area contributed by atoms with E-state index in [-0.39, 0.29) is 27.2 Å². The Hall–Kier alpha value is -3.03. The average Bonchev–Trinajstić information content (AvgIpc) is 2.75. The summed E-state index contributed by atoms with van der Waals surface area (Å²) in [6, 6.07) is 19.6. The third kappa shape index (κ3) is 5.11. The molecule has 0 aliphatic carbocycles. The highest BCUT2D eigenvalue weighted by Gasteiger charge is 2.18. The Balaban J connectivity index is 1.79. The van der Waals surface area contributed by atoms with Crippen molar-refractivity contribution in [3.8, 4) is 5.75 Å². The maximum absolute atomic E-state index is 12.7. The minimum Gasteiger partial charge on any atom is -0.497 e. The predicted molar refractivity (Wildman–Crippen MR) is 118 cm³/mol. The summed E-state index contributed by atoms with van der Waals surface area (Å²) in [7, 11) is -2.34. The molecule has 1 unspecified atom stereocenters. The molecule has 6 nitrogen and oxygen atoms in total. The summed E-state index contributed by atoms with van der Waals surface area (Å²) in [4.78, 5) is 12.8. The first-order valence-corrected chi connectivity index (χ1v) is 11.0. The molecule has 8 heteroatoms. The van der Waals surface area contributed by atoms with Gasteiger partial charge in [-0.15, -0.1) is 0 Å². The highest BCUT2D eigenvalue weighted by atomic mass is 35.5. The van der Waals surface area contributed by atoms with Gasteiger partial charge in [-0.3, -0.25) is 9.52 Å². The van der Waals surface area contributed by atoms with Crippen LogP contribution in [-0.4, -0.2) is 21.4 Å². The molecule has 3 aromatic rings. The van der Waals surface area contributed by atoms with Crippen LogP contribution in [0.4, 0.5) is 5.69 Å². The minimum atomic E-state index is -3.84. The average molecular weight is 445 g/mol. The van der Waals surface area contributed by atoms with Crippen molar-refractivity contribution in [2.24, 2.45) is 0 Å². The van der Waals surface area contributed by atoms with Crippen molar-refractivity contribution in [1.82, 2.24) is 5.32 Å². The molecule has 3 rings (SSSR count). The van der Waals surface area contributed by atoms with Crippen molar-refractivity contribution in [2.75, 3.05) is 11.8 Å². The van der Waals surface area contributed by atoms with E-state index in [2.05, 4.69) is 10.0 Å². The lowest BCUT2D eigenvalue weighted by molar-refractivity contribution is 0.0940. The first-order valence-electron chi connectivity index (χ1n) is 9.12. The molecule has 0 heterocycles. The molecule has 0 fully saturated rings. The summed E-state index contributed by atoms with van der Waals surface area (Å²) in [5, 5.41) is 3.10. The first kappa shape index (κ1) is 21.7. The molecule has 2 N–H and O–H groups in total. The van der Waals surface area contributed by atoms with E-state index in [1.54, 1.807) is 12.1 Å². The standard InChI is InChI=1S/C22H21ClN2O4S/c1-15(16-6-4-3-5-7-16)24-22(26)20-14-17(8-13-21(20)23)25-30(27,28)19-11-9-18(29-2)10-12-19/h3-15,25H,1-2H3,(H,24,26). The number of carbonyl (C=O) groups is 1. The maximum atomic E-state index is 12.7. The van der Waals surface area contributed by atoms with Gasteiger partial charge < -0.3 is 10.1 Å². The van der Waals surface area contributed by atoms with E-state index >= 15 is 0 Å². The summed E-state index contributed by atoms with van der Waals surface area (Å²) in [5.41, 5.74) is 1.35.